The molecule has 1 amide bonds. The number of nitrogens with one attached hydrogen (secondary N) is 1. The summed E-state index contributed by atoms with van der Waals surface area (Å²) in [7, 11) is 1.67. The van der Waals surface area contributed by atoms with E-state index in [-0.39, 0.29) is 24.2 Å². The zero-order chi connectivity index (χ0) is 26.5. The zero-order valence-corrected chi connectivity index (χ0v) is 22.3. The van der Waals surface area contributed by atoms with Gasteiger partial charge in [0.2, 0.25) is 5.95 Å². The fourth-order valence-corrected chi connectivity index (χ4v) is 5.06. The number of methoxy groups -OCH3 is 1. The van der Waals surface area contributed by atoms with Crippen molar-refractivity contribution < 1.29 is 19.0 Å². The van der Waals surface area contributed by atoms with Crippen LogP contribution in [0.25, 0.3) is 0 Å². The minimum absolute atomic E-state index is 0.0251. The summed E-state index contributed by atoms with van der Waals surface area (Å²) < 4.78 is 17.5. The lowest BCUT2D eigenvalue weighted by Gasteiger charge is -2.37. The predicted molar refractivity (Wildman–Crippen MR) is 143 cm³/mol. The maximum absolute atomic E-state index is 12.4. The Morgan fingerprint density at radius 1 is 1.08 bits per heavy atom. The van der Waals surface area contributed by atoms with E-state index in [9.17, 15) is 4.79 Å². The standard InChI is InChI=1S/C29H38N4O4/c1-28(2,3)37-27(34)33-22-12-15-29(16-13-22,14-11-20-18-31-26(30)32-19-20)21-9-10-24(35-4)25(17-21)36-23-7-5-6-8-23/h9-10,17-19,22-23H,5-8,12-13,15-16H2,1-4H3,(H,33,34)(H2,30,31,32)/t22-,29-. The van der Waals surface area contributed by atoms with Crippen molar-refractivity contribution in [3.63, 3.8) is 0 Å². The number of rotatable bonds is 5. The number of alkyl carbamates (subject to hydrolysis) is 1. The highest BCUT2D eigenvalue weighted by Crippen LogP contribution is 2.43. The molecule has 0 saturated heterocycles. The average molecular weight is 507 g/mol. The molecular weight excluding hydrogens is 468 g/mol. The molecule has 8 heteroatoms. The van der Waals surface area contributed by atoms with Crippen LogP contribution in [-0.2, 0) is 10.2 Å². The maximum atomic E-state index is 12.4. The minimum atomic E-state index is -0.534. The molecule has 2 aromatic rings. The molecule has 2 fully saturated rings. The number of ether oxygens (including phenoxy) is 3. The third kappa shape index (κ3) is 7.06. The van der Waals surface area contributed by atoms with E-state index in [1.165, 1.54) is 12.8 Å². The van der Waals surface area contributed by atoms with Crippen LogP contribution in [0.3, 0.4) is 0 Å². The second-order valence-corrected chi connectivity index (χ2v) is 11.0. The highest BCUT2D eigenvalue weighted by Gasteiger charge is 2.37. The van der Waals surface area contributed by atoms with Crippen molar-refractivity contribution in [1.29, 1.82) is 0 Å². The number of hydrogen-bond donors (Lipinski definition) is 2. The molecule has 0 radical (unpaired) electrons. The second-order valence-electron chi connectivity index (χ2n) is 11.0. The Bertz CT molecular complexity index is 1130. The Hall–Kier alpha value is -3.47. The number of carbonyl (C=O) groups excluding carboxylic acids is 1. The first-order valence-corrected chi connectivity index (χ1v) is 13.1. The average Bonchev–Trinajstić information content (AvgIpc) is 3.37. The Morgan fingerprint density at radius 2 is 1.76 bits per heavy atom. The first-order chi connectivity index (χ1) is 17.7. The highest BCUT2D eigenvalue weighted by molar-refractivity contribution is 5.68. The van der Waals surface area contributed by atoms with Crippen LogP contribution < -0.4 is 20.5 Å². The van der Waals surface area contributed by atoms with Crippen molar-refractivity contribution in [2.24, 2.45) is 0 Å². The monoisotopic (exact) mass is 506 g/mol. The summed E-state index contributed by atoms with van der Waals surface area (Å²) in [4.78, 5) is 20.5. The van der Waals surface area contributed by atoms with Crippen LogP contribution in [0.5, 0.6) is 11.5 Å². The Labute approximate surface area is 219 Å². The quantitative estimate of drug-likeness (QED) is 0.540. The van der Waals surface area contributed by atoms with Gasteiger partial charge >= 0.3 is 6.09 Å². The lowest BCUT2D eigenvalue weighted by molar-refractivity contribution is 0.0487. The van der Waals surface area contributed by atoms with Gasteiger partial charge in [0, 0.05) is 18.4 Å². The topological polar surface area (TPSA) is 109 Å². The van der Waals surface area contributed by atoms with Gasteiger partial charge in [-0.25, -0.2) is 14.8 Å². The number of carbonyl (C=O) groups is 1. The van der Waals surface area contributed by atoms with Crippen LogP contribution in [0.2, 0.25) is 0 Å². The van der Waals surface area contributed by atoms with Crippen LogP contribution in [0.15, 0.2) is 30.6 Å². The first kappa shape index (κ1) is 26.6. The molecule has 2 aliphatic carbocycles. The minimum Gasteiger partial charge on any atom is -0.493 e. The molecule has 8 nitrogen and oxygen atoms in total. The Morgan fingerprint density at radius 3 is 2.38 bits per heavy atom. The van der Waals surface area contributed by atoms with Gasteiger partial charge in [-0.15, -0.1) is 0 Å². The van der Waals surface area contributed by atoms with Crippen LogP contribution in [0, 0.1) is 11.8 Å². The maximum Gasteiger partial charge on any atom is 0.407 e. The molecule has 1 aromatic carbocycles. The van der Waals surface area contributed by atoms with Gasteiger partial charge in [0.25, 0.3) is 0 Å². The molecule has 0 bridgehead atoms. The second kappa shape index (κ2) is 11.3. The molecule has 198 valence electrons. The van der Waals surface area contributed by atoms with Gasteiger partial charge in [-0.2, -0.15) is 0 Å². The van der Waals surface area contributed by atoms with Gasteiger partial charge < -0.3 is 25.3 Å². The lowest BCUT2D eigenvalue weighted by atomic mass is 9.68. The summed E-state index contributed by atoms with van der Waals surface area (Å²) in [6.07, 6.45) is 10.7. The molecular formula is C29H38N4O4. The van der Waals surface area contributed by atoms with Crippen LogP contribution in [-0.4, -0.2) is 40.9 Å². The first-order valence-electron chi connectivity index (χ1n) is 13.1. The normalized spacial score (nSPS) is 22.0. The number of aromatic nitrogens is 2. The van der Waals surface area contributed by atoms with E-state index in [2.05, 4.69) is 39.3 Å². The number of nitrogen functional groups attached to an aromatic ring is 1. The van der Waals surface area contributed by atoms with E-state index in [4.69, 9.17) is 19.9 Å². The van der Waals surface area contributed by atoms with Crippen molar-refractivity contribution in [1.82, 2.24) is 15.3 Å². The van der Waals surface area contributed by atoms with E-state index < -0.39 is 11.0 Å². The van der Waals surface area contributed by atoms with Gasteiger partial charge in [-0.1, -0.05) is 17.9 Å². The Kier molecular flexibility index (Phi) is 8.11. The van der Waals surface area contributed by atoms with Crippen LogP contribution >= 0.6 is 0 Å². The van der Waals surface area contributed by atoms with Gasteiger partial charge in [0.15, 0.2) is 11.5 Å². The summed E-state index contributed by atoms with van der Waals surface area (Å²) in [5, 5.41) is 3.03. The number of hydrogen-bond acceptors (Lipinski definition) is 7. The van der Waals surface area contributed by atoms with Gasteiger partial charge in [-0.3, -0.25) is 0 Å². The summed E-state index contributed by atoms with van der Waals surface area (Å²) in [5.74, 6) is 8.53. The summed E-state index contributed by atoms with van der Waals surface area (Å²) in [6.45, 7) is 5.59. The van der Waals surface area contributed by atoms with Crippen molar-refractivity contribution in [3.8, 4) is 23.3 Å². The van der Waals surface area contributed by atoms with Gasteiger partial charge in [0.05, 0.1) is 24.2 Å². The molecule has 1 heterocycles. The largest absolute Gasteiger partial charge is 0.493 e. The molecule has 0 atom stereocenters. The number of benzene rings is 1. The molecule has 3 N–H and O–H groups in total. The third-order valence-electron chi connectivity index (χ3n) is 6.99. The van der Waals surface area contributed by atoms with Crippen molar-refractivity contribution >= 4 is 12.0 Å². The Balaban J connectivity index is 1.60. The van der Waals surface area contributed by atoms with Gasteiger partial charge in [0.1, 0.15) is 5.60 Å². The van der Waals surface area contributed by atoms with Gasteiger partial charge in [-0.05, 0) is 89.8 Å². The van der Waals surface area contributed by atoms with Crippen molar-refractivity contribution in [2.75, 3.05) is 12.8 Å². The summed E-state index contributed by atoms with van der Waals surface area (Å²) in [5.41, 5.74) is 6.48. The molecule has 4 rings (SSSR count). The van der Waals surface area contributed by atoms with Crippen LogP contribution in [0.1, 0.15) is 83.3 Å². The van der Waals surface area contributed by atoms with E-state index in [0.717, 1.165) is 55.6 Å². The zero-order valence-electron chi connectivity index (χ0n) is 22.3. The molecule has 0 unspecified atom stereocenters. The molecule has 1 aromatic heterocycles. The number of nitrogens with two attached hydrogens (primary N) is 1. The molecule has 2 saturated carbocycles. The fraction of sp³-hybridized carbons (Fsp3) is 0.552. The SMILES string of the molecule is COc1ccc([C@]2(C#Cc3cnc(N)nc3)CC[C@@H](NC(=O)OC(C)(C)C)CC2)cc1OC1CCCC1. The third-order valence-corrected chi connectivity index (χ3v) is 6.99. The number of amides is 1. The number of nitrogens with zero attached hydrogens (tertiary/aromatic N) is 2. The fourth-order valence-electron chi connectivity index (χ4n) is 5.06. The molecule has 0 spiro atoms. The predicted octanol–water partition coefficient (Wildman–Crippen LogP) is 5.15. The van der Waals surface area contributed by atoms with Crippen LogP contribution in [0.4, 0.5) is 10.7 Å². The summed E-state index contributed by atoms with van der Waals surface area (Å²) in [6, 6.07) is 6.17. The molecule has 2 aliphatic rings. The molecule has 0 aliphatic heterocycles. The van der Waals surface area contributed by atoms with Crippen molar-refractivity contribution in [3.05, 3.63) is 41.7 Å². The van der Waals surface area contributed by atoms with E-state index in [0.29, 0.717) is 5.56 Å². The highest BCUT2D eigenvalue weighted by atomic mass is 16.6. The van der Waals surface area contributed by atoms with Crippen molar-refractivity contribution in [2.45, 2.75) is 95.3 Å². The lowest BCUT2D eigenvalue weighted by Crippen LogP contribution is -2.43. The van der Waals surface area contributed by atoms with E-state index in [1.807, 2.05) is 26.8 Å². The summed E-state index contributed by atoms with van der Waals surface area (Å²) >= 11 is 0. The molecule has 37 heavy (non-hydrogen) atoms. The smallest absolute Gasteiger partial charge is 0.407 e. The van der Waals surface area contributed by atoms with E-state index in [1.54, 1.807) is 19.5 Å². The number of anilines is 1. The van der Waals surface area contributed by atoms with E-state index >= 15 is 0 Å².